The number of rotatable bonds is 4. The van der Waals surface area contributed by atoms with Gasteiger partial charge in [-0.15, -0.1) is 0 Å². The second-order valence-electron chi connectivity index (χ2n) is 5.63. The Morgan fingerprint density at radius 1 is 0.577 bits per heavy atom. The van der Waals surface area contributed by atoms with Gasteiger partial charge in [0.05, 0.1) is 0 Å². The minimum atomic E-state index is -6.00. The molecule has 0 radical (unpaired) electrons. The molecule has 26 heavy (non-hydrogen) atoms. The van der Waals surface area contributed by atoms with E-state index in [1.165, 1.54) is 18.3 Å². The average Bonchev–Trinajstić information content (AvgIpc) is 2.64. The zero-order valence-corrected chi connectivity index (χ0v) is 16.3. The molecule has 0 atom stereocenters. The fourth-order valence-electron chi connectivity index (χ4n) is 3.04. The minimum absolute atomic E-state index is 1.20. The normalized spacial score (nSPS) is 11.4. The molecule has 3 rings (SSSR count). The molecule has 0 aliphatic heterocycles. The van der Waals surface area contributed by atoms with Crippen LogP contribution >= 0.6 is 0 Å². The Balaban J connectivity index is 0.000000431. The van der Waals surface area contributed by atoms with Gasteiger partial charge in [-0.05, 0) is 0 Å². The topological polar surface area (TPSA) is 0 Å². The van der Waals surface area contributed by atoms with E-state index in [0.717, 1.165) is 0 Å². The van der Waals surface area contributed by atoms with E-state index in [4.69, 9.17) is 0 Å². The molecule has 0 nitrogen and oxygen atoms in total. The van der Waals surface area contributed by atoms with Crippen LogP contribution in [0.25, 0.3) is 0 Å². The van der Waals surface area contributed by atoms with Gasteiger partial charge in [-0.25, -0.2) is 0 Å². The van der Waals surface area contributed by atoms with Crippen LogP contribution in [-0.2, 0) is 0 Å². The van der Waals surface area contributed by atoms with Crippen molar-refractivity contribution in [1.82, 2.24) is 0 Å². The Morgan fingerprint density at radius 2 is 0.808 bits per heavy atom. The number of hydrogen-bond donors (Lipinski definition) is 0. The third-order valence-corrected chi connectivity index (χ3v) is 13.5. The molecule has 0 bridgehead atoms. The van der Waals surface area contributed by atoms with E-state index in [1.807, 2.05) is 0 Å². The Morgan fingerprint density at radius 3 is 1.00 bits per heavy atom. The molecular weight excluding hydrogens is 402 g/mol. The monoisotopic (exact) mass is 422 g/mol. The van der Waals surface area contributed by atoms with Crippen molar-refractivity contribution in [3.05, 3.63) is 91.0 Å². The predicted molar refractivity (Wildman–Crippen MR) is 105 cm³/mol. The summed E-state index contributed by atoms with van der Waals surface area (Å²) < 4.78 is 43.6. The van der Waals surface area contributed by atoms with E-state index in [0.29, 0.717) is 0 Å². The molecule has 136 valence electrons. The summed E-state index contributed by atoms with van der Waals surface area (Å²) in [6.07, 6.45) is 0. The van der Waals surface area contributed by atoms with Gasteiger partial charge in [0.1, 0.15) is 0 Å². The molecule has 0 amide bonds. The maximum atomic E-state index is 9.75. The molecule has 0 aromatic heterocycles. The molecule has 3 aromatic rings. The molecule has 6 heteroatoms. The molecule has 0 fully saturated rings. The summed E-state index contributed by atoms with van der Waals surface area (Å²) in [5.74, 6) is 0. The number of halogens is 4. The van der Waals surface area contributed by atoms with Crippen LogP contribution in [0, 0.1) is 0 Å². The number of benzene rings is 3. The molecule has 0 unspecified atom stereocenters. The van der Waals surface area contributed by atoms with Gasteiger partial charge >= 0.3 is 137 Å². The first-order chi connectivity index (χ1) is 12.4. The molecule has 0 saturated heterocycles. The van der Waals surface area contributed by atoms with Crippen molar-refractivity contribution in [2.75, 3.05) is 0 Å². The van der Waals surface area contributed by atoms with Crippen LogP contribution in [0.5, 0.6) is 0 Å². The van der Waals surface area contributed by atoms with E-state index in [9.17, 15) is 17.3 Å². The largest absolute Gasteiger partial charge is 0.673 e. The van der Waals surface area contributed by atoms with E-state index >= 15 is 0 Å². The average molecular weight is 422 g/mol. The van der Waals surface area contributed by atoms with Crippen LogP contribution in [0.1, 0.15) is 6.92 Å². The third-order valence-electron chi connectivity index (χ3n) is 4.07. The van der Waals surface area contributed by atoms with Crippen LogP contribution in [0.3, 0.4) is 0 Å². The van der Waals surface area contributed by atoms with Gasteiger partial charge in [0.25, 0.3) is 0 Å². The maximum Gasteiger partial charge on any atom is 0.673 e. The molecule has 0 heterocycles. The first kappa shape index (κ1) is 20.3. The van der Waals surface area contributed by atoms with Crippen molar-refractivity contribution < 1.29 is 17.3 Å². The Kier molecular flexibility index (Phi) is 7.10. The fourth-order valence-corrected chi connectivity index (χ4v) is 11.5. The van der Waals surface area contributed by atoms with Crippen LogP contribution in [0.2, 0.25) is 5.21 Å². The van der Waals surface area contributed by atoms with Crippen molar-refractivity contribution in [3.8, 4) is 0 Å². The second kappa shape index (κ2) is 9.09. The Labute approximate surface area is 154 Å². The summed E-state index contributed by atoms with van der Waals surface area (Å²) in [6, 6.07) is 33.3. The van der Waals surface area contributed by atoms with Crippen LogP contribution < -0.4 is 13.1 Å². The zero-order valence-electron chi connectivity index (χ0n) is 14.4. The van der Waals surface area contributed by atoms with Crippen LogP contribution in [0.15, 0.2) is 91.0 Å². The predicted octanol–water partition coefficient (Wildman–Crippen LogP) is 4.48. The SMILES string of the molecule is CC[As+](c1ccccc1)(c1ccccc1)c1ccccc1.F[B-](F)(F)F. The molecule has 0 aliphatic carbocycles. The van der Waals surface area contributed by atoms with Gasteiger partial charge in [0, 0.05) is 0 Å². The summed E-state index contributed by atoms with van der Waals surface area (Å²) in [6.45, 7) is 2.35. The first-order valence-corrected chi connectivity index (χ1v) is 12.4. The maximum absolute atomic E-state index is 9.75. The Hall–Kier alpha value is -2.00. The van der Waals surface area contributed by atoms with Gasteiger partial charge in [-0.3, -0.25) is 0 Å². The van der Waals surface area contributed by atoms with Crippen molar-refractivity contribution in [3.63, 3.8) is 0 Å². The van der Waals surface area contributed by atoms with Gasteiger partial charge in [-0.1, -0.05) is 0 Å². The third kappa shape index (κ3) is 5.25. The quantitative estimate of drug-likeness (QED) is 0.430. The van der Waals surface area contributed by atoms with Crippen LogP contribution in [0.4, 0.5) is 17.3 Å². The van der Waals surface area contributed by atoms with E-state index < -0.39 is 20.8 Å². The van der Waals surface area contributed by atoms with E-state index in [1.54, 1.807) is 0 Å². The minimum Gasteiger partial charge on any atom is -0.418 e. The van der Waals surface area contributed by atoms with Crippen molar-refractivity contribution in [2.24, 2.45) is 0 Å². The molecule has 0 N–H and O–H groups in total. The standard InChI is InChI=1S/C20H20As.BF4/c1-2-21(18-12-6-3-7-13-18,19-14-8-4-9-15-19)20-16-10-5-11-17-20;2-1(3,4)5/h3-17H,2H2,1H3;/q+1;-1. The molecule has 3 aromatic carbocycles. The summed E-state index contributed by atoms with van der Waals surface area (Å²) in [4.78, 5) is 0. The van der Waals surface area contributed by atoms with Crippen molar-refractivity contribution >= 4 is 33.9 Å². The van der Waals surface area contributed by atoms with Crippen molar-refractivity contribution in [2.45, 2.75) is 12.1 Å². The first-order valence-electron chi connectivity index (χ1n) is 8.30. The molecule has 0 aliphatic rings. The van der Waals surface area contributed by atoms with Crippen molar-refractivity contribution in [1.29, 1.82) is 0 Å². The zero-order chi connectivity index (χ0) is 19.0. The molecular formula is C20H20AsBF4. The number of hydrogen-bond acceptors (Lipinski definition) is 0. The molecule has 0 saturated carbocycles. The van der Waals surface area contributed by atoms with Gasteiger partial charge in [0.2, 0.25) is 0 Å². The summed E-state index contributed by atoms with van der Waals surface area (Å²) in [5.41, 5.74) is 0. The second-order valence-corrected chi connectivity index (χ2v) is 13.6. The molecule has 0 spiro atoms. The summed E-state index contributed by atoms with van der Waals surface area (Å²) in [5, 5.41) is 1.20. The summed E-state index contributed by atoms with van der Waals surface area (Å²) in [7, 11) is -6.00. The van der Waals surface area contributed by atoms with E-state index in [2.05, 4.69) is 97.9 Å². The van der Waals surface area contributed by atoms with Crippen LogP contribution in [-0.4, -0.2) is 20.8 Å². The van der Waals surface area contributed by atoms with Gasteiger partial charge < -0.3 is 17.3 Å². The van der Waals surface area contributed by atoms with E-state index in [-0.39, 0.29) is 0 Å². The fraction of sp³-hybridized carbons (Fsp3) is 0.100. The Bertz CT molecular complexity index is 675. The smallest absolute Gasteiger partial charge is 0.418 e. The summed E-state index contributed by atoms with van der Waals surface area (Å²) >= 11 is -2.33. The van der Waals surface area contributed by atoms with Gasteiger partial charge in [0.15, 0.2) is 0 Å². The van der Waals surface area contributed by atoms with Gasteiger partial charge in [-0.2, -0.15) is 0 Å².